The number of nitrogens with zero attached hydrogens (tertiary/aromatic N) is 4. The monoisotopic (exact) mass is 333 g/mol. The van der Waals surface area contributed by atoms with E-state index in [9.17, 15) is 4.79 Å². The minimum atomic E-state index is -0.0488. The Morgan fingerprint density at radius 1 is 1.24 bits per heavy atom. The number of hydrogen-bond donors (Lipinski definition) is 1. The maximum atomic E-state index is 12.6. The van der Waals surface area contributed by atoms with Gasteiger partial charge in [-0.1, -0.05) is 30.3 Å². The van der Waals surface area contributed by atoms with Gasteiger partial charge in [-0.25, -0.2) is 14.6 Å². The Hall–Kier alpha value is -3.02. The Kier molecular flexibility index (Phi) is 4.24. The molecule has 1 aliphatic rings. The summed E-state index contributed by atoms with van der Waals surface area (Å²) < 4.78 is 1.60. The summed E-state index contributed by atoms with van der Waals surface area (Å²) in [6.45, 7) is 0.474. The quantitative estimate of drug-likeness (QED) is 0.796. The van der Waals surface area contributed by atoms with Crippen molar-refractivity contribution in [3.8, 4) is 5.82 Å². The molecule has 6 nitrogen and oxygen atoms in total. The summed E-state index contributed by atoms with van der Waals surface area (Å²) in [5.74, 6) is 0.744. The van der Waals surface area contributed by atoms with E-state index < -0.39 is 0 Å². The molecule has 0 radical (unpaired) electrons. The van der Waals surface area contributed by atoms with E-state index in [1.165, 1.54) is 17.5 Å². The second-order valence-electron chi connectivity index (χ2n) is 6.23. The Labute approximate surface area is 145 Å². The van der Waals surface area contributed by atoms with Gasteiger partial charge in [0.25, 0.3) is 0 Å². The fourth-order valence-corrected chi connectivity index (χ4v) is 3.32. The van der Waals surface area contributed by atoms with Crippen LogP contribution in [0.2, 0.25) is 0 Å². The Morgan fingerprint density at radius 2 is 2.16 bits per heavy atom. The molecule has 126 valence electrons. The fourth-order valence-electron chi connectivity index (χ4n) is 3.32. The van der Waals surface area contributed by atoms with Crippen LogP contribution < -0.4 is 5.32 Å². The number of aromatic nitrogens is 4. The molecule has 1 amide bonds. The molecule has 1 N–H and O–H groups in total. The zero-order valence-corrected chi connectivity index (χ0v) is 13.8. The number of carbonyl (C=O) groups excluding carboxylic acids is 1. The van der Waals surface area contributed by atoms with Gasteiger partial charge in [-0.3, -0.25) is 4.79 Å². The van der Waals surface area contributed by atoms with Crippen LogP contribution in [0.5, 0.6) is 0 Å². The lowest BCUT2D eigenvalue weighted by molar-refractivity contribution is -0.123. The highest BCUT2D eigenvalue weighted by Crippen LogP contribution is 2.31. The van der Waals surface area contributed by atoms with Crippen molar-refractivity contribution < 1.29 is 4.79 Å². The fraction of sp³-hybridized carbons (Fsp3) is 0.263. The topological polar surface area (TPSA) is 72.7 Å². The Morgan fingerprint density at radius 3 is 2.96 bits per heavy atom. The minimum Gasteiger partial charge on any atom is -0.351 e. The summed E-state index contributed by atoms with van der Waals surface area (Å²) in [5, 5.41) is 7.10. The molecular formula is C19H19N5O. The standard InChI is InChI=1S/C19H19N5O/c25-19(17-7-3-5-15-4-1-2-6-16(15)17)22-11-14-8-9-18(21-10-14)24-13-20-12-23-24/h1-2,4,6,8-10,12-13,17H,3,5,7,11H2,(H,22,25). The summed E-state index contributed by atoms with van der Waals surface area (Å²) in [6, 6.07) is 12.1. The van der Waals surface area contributed by atoms with Gasteiger partial charge in [0.05, 0.1) is 5.92 Å². The number of fused-ring (bicyclic) bond motifs is 1. The Bertz CT molecular complexity index is 858. The first-order valence-electron chi connectivity index (χ1n) is 8.47. The Balaban J connectivity index is 1.41. The largest absolute Gasteiger partial charge is 0.351 e. The molecule has 1 atom stereocenters. The lowest BCUT2D eigenvalue weighted by atomic mass is 9.82. The van der Waals surface area contributed by atoms with Crippen LogP contribution in [0.1, 0.15) is 35.4 Å². The normalized spacial score (nSPS) is 16.2. The molecule has 0 bridgehead atoms. The molecule has 0 fully saturated rings. The van der Waals surface area contributed by atoms with Crippen molar-refractivity contribution in [3.05, 3.63) is 71.9 Å². The molecule has 0 spiro atoms. The van der Waals surface area contributed by atoms with Gasteiger partial charge in [0.1, 0.15) is 12.7 Å². The van der Waals surface area contributed by atoms with Crippen molar-refractivity contribution in [2.75, 3.05) is 0 Å². The first-order chi connectivity index (χ1) is 12.3. The van der Waals surface area contributed by atoms with E-state index in [0.29, 0.717) is 12.4 Å². The van der Waals surface area contributed by atoms with Crippen molar-refractivity contribution >= 4 is 5.91 Å². The molecule has 2 heterocycles. The van der Waals surface area contributed by atoms with Crippen LogP contribution in [0.15, 0.2) is 55.2 Å². The van der Waals surface area contributed by atoms with Crippen molar-refractivity contribution in [3.63, 3.8) is 0 Å². The van der Waals surface area contributed by atoms with Crippen molar-refractivity contribution in [2.45, 2.75) is 31.7 Å². The van der Waals surface area contributed by atoms with E-state index in [4.69, 9.17) is 0 Å². The summed E-state index contributed by atoms with van der Waals surface area (Å²) in [7, 11) is 0. The number of amides is 1. The van der Waals surface area contributed by atoms with Gasteiger partial charge < -0.3 is 5.32 Å². The number of rotatable bonds is 4. The summed E-state index contributed by atoms with van der Waals surface area (Å²) >= 11 is 0. The molecule has 6 heteroatoms. The van der Waals surface area contributed by atoms with Gasteiger partial charge in [-0.2, -0.15) is 5.10 Å². The second-order valence-corrected chi connectivity index (χ2v) is 6.23. The molecule has 0 saturated heterocycles. The predicted molar refractivity (Wildman–Crippen MR) is 93.1 cm³/mol. The van der Waals surface area contributed by atoms with E-state index >= 15 is 0 Å². The van der Waals surface area contributed by atoms with Crippen LogP contribution in [0.3, 0.4) is 0 Å². The third kappa shape index (κ3) is 3.28. The smallest absolute Gasteiger partial charge is 0.227 e. The summed E-state index contributed by atoms with van der Waals surface area (Å²) in [5.41, 5.74) is 3.43. The second kappa shape index (κ2) is 6.84. The highest BCUT2D eigenvalue weighted by molar-refractivity contribution is 5.84. The maximum Gasteiger partial charge on any atom is 0.227 e. The van der Waals surface area contributed by atoms with Crippen LogP contribution in [0.25, 0.3) is 5.82 Å². The first kappa shape index (κ1) is 15.5. The van der Waals surface area contributed by atoms with Crippen LogP contribution >= 0.6 is 0 Å². The third-order valence-corrected chi connectivity index (χ3v) is 4.62. The summed E-state index contributed by atoms with van der Waals surface area (Å²) in [6.07, 6.45) is 7.86. The number of pyridine rings is 1. The van der Waals surface area contributed by atoms with Gasteiger partial charge in [0.15, 0.2) is 5.82 Å². The zero-order chi connectivity index (χ0) is 17.1. The maximum absolute atomic E-state index is 12.6. The predicted octanol–water partition coefficient (Wildman–Crippen LogP) is 2.40. The SMILES string of the molecule is O=C(NCc1ccc(-n2cncn2)nc1)C1CCCc2ccccc21. The van der Waals surface area contributed by atoms with Crippen LogP contribution in [0.4, 0.5) is 0 Å². The van der Waals surface area contributed by atoms with E-state index in [2.05, 4.69) is 32.5 Å². The number of nitrogens with one attached hydrogen (secondary N) is 1. The highest BCUT2D eigenvalue weighted by atomic mass is 16.1. The van der Waals surface area contributed by atoms with Gasteiger partial charge in [-0.05, 0) is 42.0 Å². The zero-order valence-electron chi connectivity index (χ0n) is 13.8. The number of carbonyl (C=O) groups is 1. The molecule has 3 aromatic rings. The van der Waals surface area contributed by atoms with Crippen molar-refractivity contribution in [2.24, 2.45) is 0 Å². The minimum absolute atomic E-state index is 0.0488. The van der Waals surface area contributed by atoms with E-state index in [-0.39, 0.29) is 11.8 Å². The molecule has 4 rings (SSSR count). The molecule has 25 heavy (non-hydrogen) atoms. The number of benzene rings is 1. The molecule has 0 aliphatic heterocycles. The van der Waals surface area contributed by atoms with Crippen LogP contribution in [-0.2, 0) is 17.8 Å². The lowest BCUT2D eigenvalue weighted by Gasteiger charge is -2.24. The van der Waals surface area contributed by atoms with Crippen LogP contribution in [-0.4, -0.2) is 25.7 Å². The number of hydrogen-bond acceptors (Lipinski definition) is 4. The molecule has 1 aromatic carbocycles. The van der Waals surface area contributed by atoms with Gasteiger partial charge in [-0.15, -0.1) is 0 Å². The third-order valence-electron chi connectivity index (χ3n) is 4.62. The van der Waals surface area contributed by atoms with E-state index in [0.717, 1.165) is 24.8 Å². The van der Waals surface area contributed by atoms with Crippen molar-refractivity contribution in [1.29, 1.82) is 0 Å². The van der Waals surface area contributed by atoms with Gasteiger partial charge in [0, 0.05) is 12.7 Å². The average molecular weight is 333 g/mol. The first-order valence-corrected chi connectivity index (χ1v) is 8.47. The molecule has 1 unspecified atom stereocenters. The number of aryl methyl sites for hydroxylation is 1. The van der Waals surface area contributed by atoms with Gasteiger partial charge >= 0.3 is 0 Å². The molecule has 1 aliphatic carbocycles. The van der Waals surface area contributed by atoms with Crippen molar-refractivity contribution in [1.82, 2.24) is 25.1 Å². The van der Waals surface area contributed by atoms with E-state index in [1.807, 2.05) is 24.3 Å². The lowest BCUT2D eigenvalue weighted by Crippen LogP contribution is -2.31. The molecule has 0 saturated carbocycles. The van der Waals surface area contributed by atoms with Gasteiger partial charge in [0.2, 0.25) is 5.91 Å². The molecular weight excluding hydrogens is 314 g/mol. The average Bonchev–Trinajstić information content (AvgIpc) is 3.21. The molecule has 2 aromatic heterocycles. The highest BCUT2D eigenvalue weighted by Gasteiger charge is 2.25. The van der Waals surface area contributed by atoms with E-state index in [1.54, 1.807) is 17.2 Å². The van der Waals surface area contributed by atoms with Crippen LogP contribution in [0, 0.1) is 0 Å². The summed E-state index contributed by atoms with van der Waals surface area (Å²) in [4.78, 5) is 20.9.